The largest absolute Gasteiger partial charge is 0.476 e. The third-order valence-corrected chi connectivity index (χ3v) is 4.97. The molecule has 1 saturated carbocycles. The van der Waals surface area contributed by atoms with Crippen LogP contribution in [0, 0.1) is 0 Å². The number of aromatic carboxylic acids is 1. The van der Waals surface area contributed by atoms with Crippen molar-refractivity contribution in [3.05, 3.63) is 30.1 Å². The minimum Gasteiger partial charge on any atom is -0.476 e. The summed E-state index contributed by atoms with van der Waals surface area (Å²) < 4.78 is 1.87. The fourth-order valence-corrected chi connectivity index (χ4v) is 2.89. The number of nitrogens with zero attached hydrogens (tertiary/aromatic N) is 2. The fraction of sp³-hybridized carbons (Fsp3) is 0.385. The first-order valence-corrected chi connectivity index (χ1v) is 7.37. The van der Waals surface area contributed by atoms with Gasteiger partial charge >= 0.3 is 5.97 Å². The van der Waals surface area contributed by atoms with Gasteiger partial charge in [0.25, 0.3) is 0 Å². The van der Waals surface area contributed by atoms with Gasteiger partial charge in [0.15, 0.2) is 11.5 Å². The summed E-state index contributed by atoms with van der Waals surface area (Å²) in [5, 5.41) is 12.6. The van der Waals surface area contributed by atoms with E-state index in [1.165, 1.54) is 12.8 Å². The van der Waals surface area contributed by atoms with E-state index in [2.05, 4.69) is 16.6 Å². The summed E-state index contributed by atoms with van der Waals surface area (Å²) in [6.07, 6.45) is 6.17. The molecule has 100 valence electrons. The normalized spacial score (nSPS) is 16.5. The highest BCUT2D eigenvalue weighted by Crippen LogP contribution is 2.47. The summed E-state index contributed by atoms with van der Waals surface area (Å²) >= 11 is 1.83. The van der Waals surface area contributed by atoms with Crippen LogP contribution in [0.1, 0.15) is 23.3 Å². The quantitative estimate of drug-likeness (QED) is 0.878. The van der Waals surface area contributed by atoms with E-state index in [0.717, 1.165) is 6.54 Å². The molecule has 2 aromatic heterocycles. The SMILES string of the molecule is CSC1(CNc2nc3ccccn3c2C(=O)O)CC1. The van der Waals surface area contributed by atoms with Crippen molar-refractivity contribution in [2.75, 3.05) is 18.1 Å². The maximum absolute atomic E-state index is 11.4. The van der Waals surface area contributed by atoms with Crippen LogP contribution in [-0.4, -0.2) is 38.0 Å². The summed E-state index contributed by atoms with van der Waals surface area (Å²) in [6.45, 7) is 0.762. The van der Waals surface area contributed by atoms with E-state index in [-0.39, 0.29) is 10.4 Å². The molecule has 0 amide bonds. The summed E-state index contributed by atoms with van der Waals surface area (Å²) in [7, 11) is 0. The number of carbonyl (C=O) groups is 1. The van der Waals surface area contributed by atoms with Crippen molar-refractivity contribution >= 4 is 29.2 Å². The van der Waals surface area contributed by atoms with E-state index in [1.54, 1.807) is 22.7 Å². The van der Waals surface area contributed by atoms with Gasteiger partial charge < -0.3 is 10.4 Å². The average Bonchev–Trinajstić information content (AvgIpc) is 3.09. The zero-order valence-electron chi connectivity index (χ0n) is 10.6. The number of anilines is 1. The van der Waals surface area contributed by atoms with Crippen LogP contribution in [0.15, 0.2) is 24.4 Å². The number of aromatic nitrogens is 2. The number of hydrogen-bond acceptors (Lipinski definition) is 4. The van der Waals surface area contributed by atoms with E-state index in [9.17, 15) is 9.90 Å². The van der Waals surface area contributed by atoms with Crippen molar-refractivity contribution < 1.29 is 9.90 Å². The minimum atomic E-state index is -0.963. The zero-order chi connectivity index (χ0) is 13.5. The first kappa shape index (κ1) is 12.3. The van der Waals surface area contributed by atoms with Gasteiger partial charge in [-0.05, 0) is 31.2 Å². The monoisotopic (exact) mass is 277 g/mol. The van der Waals surface area contributed by atoms with Crippen molar-refractivity contribution in [2.45, 2.75) is 17.6 Å². The molecule has 1 aliphatic rings. The molecule has 0 saturated heterocycles. The molecule has 0 radical (unpaired) electrons. The Bertz CT molecular complexity index is 634. The Labute approximate surface area is 115 Å². The predicted octanol–water partition coefficient (Wildman–Crippen LogP) is 2.34. The highest BCUT2D eigenvalue weighted by molar-refractivity contribution is 8.00. The number of hydrogen-bond donors (Lipinski definition) is 2. The number of pyridine rings is 1. The molecule has 1 aliphatic carbocycles. The molecular weight excluding hydrogens is 262 g/mol. The van der Waals surface area contributed by atoms with Gasteiger partial charge in [-0.2, -0.15) is 11.8 Å². The van der Waals surface area contributed by atoms with Crippen LogP contribution < -0.4 is 5.32 Å². The first-order chi connectivity index (χ1) is 9.15. The minimum absolute atomic E-state index is 0.201. The molecule has 2 heterocycles. The lowest BCUT2D eigenvalue weighted by Crippen LogP contribution is -2.19. The molecule has 0 aliphatic heterocycles. The van der Waals surface area contributed by atoms with Gasteiger partial charge in [-0.15, -0.1) is 0 Å². The van der Waals surface area contributed by atoms with Gasteiger partial charge in [-0.1, -0.05) is 6.07 Å². The van der Waals surface area contributed by atoms with Gasteiger partial charge in [-0.25, -0.2) is 9.78 Å². The predicted molar refractivity (Wildman–Crippen MR) is 76.1 cm³/mol. The van der Waals surface area contributed by atoms with Crippen LogP contribution >= 0.6 is 11.8 Å². The standard InChI is InChI=1S/C13H15N3O2S/c1-19-13(5-6-13)8-14-11-10(12(17)18)16-7-3-2-4-9(16)15-11/h2-4,7,14H,5-6,8H2,1H3,(H,17,18). The number of nitrogens with one attached hydrogen (secondary N) is 1. The first-order valence-electron chi connectivity index (χ1n) is 6.15. The van der Waals surface area contributed by atoms with Gasteiger partial charge in [-0.3, -0.25) is 4.40 Å². The van der Waals surface area contributed by atoms with E-state index in [0.29, 0.717) is 11.5 Å². The third kappa shape index (κ3) is 2.16. The molecule has 0 bridgehead atoms. The molecule has 2 aromatic rings. The molecule has 6 heteroatoms. The van der Waals surface area contributed by atoms with E-state index in [4.69, 9.17) is 0 Å². The van der Waals surface area contributed by atoms with Crippen LogP contribution in [0.2, 0.25) is 0 Å². The van der Waals surface area contributed by atoms with Crippen LogP contribution in [0.4, 0.5) is 5.82 Å². The van der Waals surface area contributed by atoms with Crippen molar-refractivity contribution in [3.63, 3.8) is 0 Å². The molecule has 0 aromatic carbocycles. The van der Waals surface area contributed by atoms with Gasteiger partial charge in [0.05, 0.1) is 0 Å². The van der Waals surface area contributed by atoms with Crippen molar-refractivity contribution in [1.82, 2.24) is 9.38 Å². The lowest BCUT2D eigenvalue weighted by atomic mass is 10.3. The number of carboxylic acids is 1. The van der Waals surface area contributed by atoms with Crippen molar-refractivity contribution in [2.24, 2.45) is 0 Å². The average molecular weight is 277 g/mol. The number of imidazole rings is 1. The second kappa shape index (κ2) is 4.45. The van der Waals surface area contributed by atoms with Crippen LogP contribution in [0.3, 0.4) is 0 Å². The molecule has 5 nitrogen and oxygen atoms in total. The summed E-state index contributed by atoms with van der Waals surface area (Å²) in [4.78, 5) is 15.8. The molecule has 2 N–H and O–H groups in total. The Balaban J connectivity index is 1.93. The Morgan fingerprint density at radius 3 is 3.00 bits per heavy atom. The number of fused-ring (bicyclic) bond motifs is 1. The Morgan fingerprint density at radius 1 is 1.58 bits per heavy atom. The fourth-order valence-electron chi connectivity index (χ4n) is 2.16. The Morgan fingerprint density at radius 2 is 2.37 bits per heavy atom. The molecular formula is C13H15N3O2S. The number of thioether (sulfide) groups is 1. The third-order valence-electron chi connectivity index (χ3n) is 3.55. The van der Waals surface area contributed by atoms with E-state index in [1.807, 2.05) is 17.8 Å². The summed E-state index contributed by atoms with van der Waals surface area (Å²) in [5.74, 6) is -0.505. The second-order valence-corrected chi connectivity index (χ2v) is 6.06. The zero-order valence-corrected chi connectivity index (χ0v) is 11.4. The smallest absolute Gasteiger partial charge is 0.356 e. The highest BCUT2D eigenvalue weighted by Gasteiger charge is 2.42. The van der Waals surface area contributed by atoms with E-state index < -0.39 is 5.97 Å². The van der Waals surface area contributed by atoms with Gasteiger partial charge in [0.2, 0.25) is 0 Å². The van der Waals surface area contributed by atoms with E-state index >= 15 is 0 Å². The summed E-state index contributed by atoms with van der Waals surface area (Å²) in [6, 6.07) is 5.45. The second-order valence-electron chi connectivity index (χ2n) is 4.78. The molecule has 0 atom stereocenters. The molecule has 1 fully saturated rings. The van der Waals surface area contributed by atoms with Gasteiger partial charge in [0, 0.05) is 17.5 Å². The maximum atomic E-state index is 11.4. The Hall–Kier alpha value is -1.69. The molecule has 3 rings (SSSR count). The number of carboxylic acid groups (broad SMARTS) is 1. The van der Waals surface area contributed by atoms with Gasteiger partial charge in [0.1, 0.15) is 5.65 Å². The highest BCUT2D eigenvalue weighted by atomic mass is 32.2. The molecule has 0 unspecified atom stereocenters. The number of rotatable bonds is 5. The summed E-state index contributed by atoms with van der Waals surface area (Å²) in [5.41, 5.74) is 0.851. The lowest BCUT2D eigenvalue weighted by Gasteiger charge is -2.12. The van der Waals surface area contributed by atoms with Crippen molar-refractivity contribution in [3.8, 4) is 0 Å². The maximum Gasteiger partial charge on any atom is 0.356 e. The van der Waals surface area contributed by atoms with Crippen LogP contribution in [-0.2, 0) is 0 Å². The molecule has 19 heavy (non-hydrogen) atoms. The van der Waals surface area contributed by atoms with Crippen LogP contribution in [0.25, 0.3) is 5.65 Å². The Kier molecular flexibility index (Phi) is 2.89. The van der Waals surface area contributed by atoms with Crippen LogP contribution in [0.5, 0.6) is 0 Å². The van der Waals surface area contributed by atoms with Crippen molar-refractivity contribution in [1.29, 1.82) is 0 Å². The lowest BCUT2D eigenvalue weighted by molar-refractivity contribution is 0.0690. The topological polar surface area (TPSA) is 66.6 Å². The molecule has 0 spiro atoms.